The molecule has 116 valence electrons. The fourth-order valence-electron chi connectivity index (χ4n) is 1.28. The Kier molecular flexibility index (Phi) is 6.51. The molecule has 0 aliphatic rings. The van der Waals surface area contributed by atoms with E-state index in [0.29, 0.717) is 12.5 Å². The van der Waals surface area contributed by atoms with Gasteiger partial charge in [0.15, 0.2) is 6.61 Å². The number of carbonyl (C=O) groups is 2. The van der Waals surface area contributed by atoms with E-state index in [1.807, 2.05) is 13.8 Å². The minimum absolute atomic E-state index is 0.00731. The van der Waals surface area contributed by atoms with Crippen LogP contribution in [0.2, 0.25) is 15.2 Å². The summed E-state index contributed by atoms with van der Waals surface area (Å²) in [5, 5.41) is 2.45. The summed E-state index contributed by atoms with van der Waals surface area (Å²) in [5.74, 6) is -0.978. The maximum Gasteiger partial charge on any atom is 0.405 e. The number of hydrogen-bond acceptors (Lipinski definition) is 4. The smallest absolute Gasteiger partial charge is 0.405 e. The summed E-state index contributed by atoms with van der Waals surface area (Å²) in [7, 11) is 0. The zero-order valence-electron chi connectivity index (χ0n) is 11.4. The number of H-pyrrole nitrogens is 1. The van der Waals surface area contributed by atoms with Gasteiger partial charge in [0.05, 0.1) is 5.69 Å². The highest BCUT2D eigenvalue weighted by Gasteiger charge is 2.27. The highest BCUT2D eigenvalue weighted by molar-refractivity contribution is 6.45. The quantitative estimate of drug-likeness (QED) is 0.623. The van der Waals surface area contributed by atoms with Gasteiger partial charge in [-0.15, -0.1) is 0 Å². The number of hydrogen-bond donors (Lipinski definition) is 2. The van der Waals surface area contributed by atoms with Crippen LogP contribution in [0.15, 0.2) is 0 Å². The first kappa shape index (κ1) is 17.8. The second-order valence-corrected chi connectivity index (χ2v) is 5.76. The zero-order chi connectivity index (χ0) is 16.2. The molecule has 0 fully saturated rings. The molecular formula is C12H15Cl3N3O3+. The Balaban J connectivity index is 2.71. The summed E-state index contributed by atoms with van der Waals surface area (Å²) in [6.07, 6.45) is 0. The summed E-state index contributed by atoms with van der Waals surface area (Å²) < 4.78 is 4.83. The Labute approximate surface area is 136 Å². The number of nitrogens with one attached hydrogen (secondary N) is 2. The number of aromatic nitrogens is 1. The minimum atomic E-state index is -0.857. The van der Waals surface area contributed by atoms with Crippen LogP contribution in [0.25, 0.3) is 0 Å². The topological polar surface area (TPSA) is 95.6 Å². The Hall–Kier alpha value is -1.24. The average Bonchev–Trinajstić information content (AvgIpc) is 2.44. The van der Waals surface area contributed by atoms with Gasteiger partial charge in [-0.1, -0.05) is 37.0 Å². The second-order valence-electron chi connectivity index (χ2n) is 4.63. The summed E-state index contributed by atoms with van der Waals surface area (Å²) in [6.45, 7) is 3.94. The van der Waals surface area contributed by atoms with Crippen molar-refractivity contribution in [2.24, 2.45) is 5.92 Å². The molecule has 0 spiro atoms. The Morgan fingerprint density at radius 2 is 1.90 bits per heavy atom. The van der Waals surface area contributed by atoms with Crippen molar-refractivity contribution < 1.29 is 19.3 Å². The number of amides is 1. The molecule has 9 heteroatoms. The molecule has 0 aliphatic carbocycles. The molecule has 21 heavy (non-hydrogen) atoms. The van der Waals surface area contributed by atoms with Crippen LogP contribution in [0, 0.1) is 5.92 Å². The van der Waals surface area contributed by atoms with Gasteiger partial charge in [0.25, 0.3) is 11.1 Å². The standard InChI is InChI=1S/C12H14Cl3N3O3/c1-5(2)3-17-6(19)4-21-12(20)10-7(13)9(16)8(14)11(15)18-10/h5H,3-4H2,1-2H3,(H2,16,18)(H,17,19)/p+1. The van der Waals surface area contributed by atoms with Crippen molar-refractivity contribution in [3.05, 3.63) is 20.9 Å². The van der Waals surface area contributed by atoms with Crippen LogP contribution in [0.5, 0.6) is 0 Å². The molecule has 1 amide bonds. The van der Waals surface area contributed by atoms with E-state index < -0.39 is 18.5 Å². The SMILES string of the molecule is CC(C)CNC(=O)COC(=O)c1[nH+]c(Cl)c(Cl)c(N)c1Cl. The van der Waals surface area contributed by atoms with E-state index in [9.17, 15) is 9.59 Å². The van der Waals surface area contributed by atoms with Crippen LogP contribution in [-0.4, -0.2) is 25.0 Å². The Morgan fingerprint density at radius 1 is 1.29 bits per heavy atom. The molecule has 4 N–H and O–H groups in total. The lowest BCUT2D eigenvalue weighted by atomic mass is 10.2. The fourth-order valence-corrected chi connectivity index (χ4v) is 1.89. The van der Waals surface area contributed by atoms with Gasteiger partial charge in [-0.3, -0.25) is 4.79 Å². The number of aromatic amines is 1. The van der Waals surface area contributed by atoms with Crippen molar-refractivity contribution >= 4 is 52.4 Å². The van der Waals surface area contributed by atoms with Gasteiger partial charge in [-0.25, -0.2) is 4.79 Å². The van der Waals surface area contributed by atoms with Crippen LogP contribution < -0.4 is 16.0 Å². The molecule has 1 aromatic heterocycles. The number of esters is 1. The van der Waals surface area contributed by atoms with Crippen molar-refractivity contribution in [2.75, 3.05) is 18.9 Å². The zero-order valence-corrected chi connectivity index (χ0v) is 13.7. The van der Waals surface area contributed by atoms with E-state index in [2.05, 4.69) is 10.3 Å². The van der Waals surface area contributed by atoms with Crippen molar-refractivity contribution in [2.45, 2.75) is 13.8 Å². The number of nitrogen functional groups attached to an aromatic ring is 1. The molecule has 1 rings (SSSR count). The summed E-state index contributed by atoms with van der Waals surface area (Å²) >= 11 is 17.4. The van der Waals surface area contributed by atoms with Gasteiger partial charge in [0.1, 0.15) is 10.0 Å². The number of ether oxygens (including phenoxy) is 1. The summed E-state index contributed by atoms with van der Waals surface area (Å²) in [4.78, 5) is 25.8. The van der Waals surface area contributed by atoms with Crippen LogP contribution in [-0.2, 0) is 9.53 Å². The number of halogens is 3. The van der Waals surface area contributed by atoms with E-state index in [1.54, 1.807) is 0 Å². The van der Waals surface area contributed by atoms with Crippen molar-refractivity contribution in [3.63, 3.8) is 0 Å². The molecule has 0 atom stereocenters. The molecule has 0 aliphatic heterocycles. The molecule has 0 aromatic carbocycles. The van der Waals surface area contributed by atoms with Crippen molar-refractivity contribution in [3.8, 4) is 0 Å². The largest absolute Gasteiger partial charge is 0.448 e. The monoisotopic (exact) mass is 354 g/mol. The lowest BCUT2D eigenvalue weighted by Gasteiger charge is -2.08. The first-order valence-corrected chi connectivity index (χ1v) is 7.16. The van der Waals surface area contributed by atoms with Crippen LogP contribution in [0.4, 0.5) is 5.69 Å². The number of nitrogens with two attached hydrogens (primary N) is 1. The molecule has 0 unspecified atom stereocenters. The molecule has 1 aromatic rings. The number of carbonyl (C=O) groups excluding carboxylic acids is 2. The molecular weight excluding hydrogens is 341 g/mol. The van der Waals surface area contributed by atoms with Gasteiger partial charge in [0.2, 0.25) is 0 Å². The maximum absolute atomic E-state index is 11.8. The lowest BCUT2D eigenvalue weighted by Crippen LogP contribution is -2.32. The third-order valence-corrected chi connectivity index (χ3v) is 3.53. The average molecular weight is 356 g/mol. The molecule has 6 nitrogen and oxygen atoms in total. The molecule has 0 bridgehead atoms. The summed E-state index contributed by atoms with van der Waals surface area (Å²) in [6, 6.07) is 0. The first-order valence-electron chi connectivity index (χ1n) is 6.03. The predicted octanol–water partition coefficient (Wildman–Crippen LogP) is 1.97. The van der Waals surface area contributed by atoms with E-state index in [1.165, 1.54) is 0 Å². The minimum Gasteiger partial charge on any atom is -0.448 e. The van der Waals surface area contributed by atoms with Crippen LogP contribution >= 0.6 is 34.8 Å². The van der Waals surface area contributed by atoms with Gasteiger partial charge in [-0.2, -0.15) is 4.98 Å². The normalized spacial score (nSPS) is 10.6. The number of rotatable bonds is 5. The lowest BCUT2D eigenvalue weighted by molar-refractivity contribution is -0.380. The molecule has 0 saturated carbocycles. The van der Waals surface area contributed by atoms with E-state index >= 15 is 0 Å². The number of anilines is 1. The van der Waals surface area contributed by atoms with Crippen LogP contribution in [0.3, 0.4) is 0 Å². The third kappa shape index (κ3) is 4.91. The predicted molar refractivity (Wildman–Crippen MR) is 80.6 cm³/mol. The molecule has 0 saturated heterocycles. The first-order chi connectivity index (χ1) is 9.73. The van der Waals surface area contributed by atoms with Gasteiger partial charge in [-0.05, 0) is 17.5 Å². The summed E-state index contributed by atoms with van der Waals surface area (Å²) in [5.41, 5.74) is 5.39. The Bertz CT molecular complexity index is 564. The Morgan fingerprint density at radius 3 is 2.48 bits per heavy atom. The highest BCUT2D eigenvalue weighted by Crippen LogP contribution is 2.32. The van der Waals surface area contributed by atoms with Gasteiger partial charge < -0.3 is 15.8 Å². The van der Waals surface area contributed by atoms with Crippen LogP contribution in [0.1, 0.15) is 24.3 Å². The van der Waals surface area contributed by atoms with E-state index in [0.717, 1.165) is 0 Å². The van der Waals surface area contributed by atoms with Gasteiger partial charge in [0, 0.05) is 6.54 Å². The molecule has 0 radical (unpaired) electrons. The fraction of sp³-hybridized carbons (Fsp3) is 0.417. The van der Waals surface area contributed by atoms with Crippen molar-refractivity contribution in [1.29, 1.82) is 0 Å². The van der Waals surface area contributed by atoms with E-state index in [-0.39, 0.29) is 26.6 Å². The van der Waals surface area contributed by atoms with Gasteiger partial charge >= 0.3 is 11.7 Å². The second kappa shape index (κ2) is 7.68. The molecule has 1 heterocycles. The highest BCUT2D eigenvalue weighted by atomic mass is 35.5. The third-order valence-electron chi connectivity index (χ3n) is 2.37. The maximum atomic E-state index is 11.8. The van der Waals surface area contributed by atoms with E-state index in [4.69, 9.17) is 45.3 Å². The van der Waals surface area contributed by atoms with Crippen molar-refractivity contribution in [1.82, 2.24) is 5.32 Å². The number of pyridine rings is 1.